The van der Waals surface area contributed by atoms with Gasteiger partial charge in [-0.1, -0.05) is 30.3 Å². The molecule has 0 bridgehead atoms. The maximum atomic E-state index is 12.6. The van der Waals surface area contributed by atoms with Crippen LogP contribution >= 0.6 is 0 Å². The van der Waals surface area contributed by atoms with E-state index in [9.17, 15) is 4.79 Å². The van der Waals surface area contributed by atoms with Crippen molar-refractivity contribution in [3.05, 3.63) is 60.2 Å². The van der Waals surface area contributed by atoms with Crippen molar-refractivity contribution >= 4 is 32.5 Å². The van der Waals surface area contributed by atoms with E-state index in [1.165, 1.54) is 9.96 Å². The molecule has 1 aliphatic rings. The first-order valence-electron chi connectivity index (χ1n) is 9.19. The molecule has 1 heterocycles. The first-order chi connectivity index (χ1) is 12.6. The van der Waals surface area contributed by atoms with Crippen molar-refractivity contribution in [3.63, 3.8) is 0 Å². The third-order valence-electron chi connectivity index (χ3n) is 5.01. The van der Waals surface area contributed by atoms with Crippen LogP contribution in [0, 0.1) is 0 Å². The fourth-order valence-electron chi connectivity index (χ4n) is 3.23. The zero-order valence-corrected chi connectivity index (χ0v) is 19.0. The number of amides is 1. The van der Waals surface area contributed by atoms with Gasteiger partial charge < -0.3 is 16.4 Å². The van der Waals surface area contributed by atoms with Gasteiger partial charge in [-0.05, 0) is 12.0 Å². The van der Waals surface area contributed by atoms with Crippen LogP contribution in [0.5, 0.6) is 0 Å². The van der Waals surface area contributed by atoms with Crippen molar-refractivity contribution in [2.24, 2.45) is 0 Å². The Morgan fingerprint density at radius 2 is 1.45 bits per heavy atom. The van der Waals surface area contributed by atoms with Gasteiger partial charge in [-0.15, -0.1) is 0 Å². The number of nitrogens with zero attached hydrogens (tertiary/aromatic N) is 3. The summed E-state index contributed by atoms with van der Waals surface area (Å²) in [5.74, 6) is 0.159. The van der Waals surface area contributed by atoms with Gasteiger partial charge in [0.2, 0.25) is 0 Å². The molecule has 1 fully saturated rings. The van der Waals surface area contributed by atoms with E-state index in [1.807, 2.05) is 31.3 Å². The van der Waals surface area contributed by atoms with Gasteiger partial charge in [0.25, 0.3) is 0 Å². The van der Waals surface area contributed by atoms with E-state index in [2.05, 4.69) is 56.6 Å². The Kier molecular flexibility index (Phi) is 12.7. The fraction of sp³-hybridized carbons (Fsp3) is 0.381. The van der Waals surface area contributed by atoms with Crippen molar-refractivity contribution < 1.29 is 21.2 Å². The molecule has 29 heavy (non-hydrogen) atoms. The number of anilines is 1. The summed E-state index contributed by atoms with van der Waals surface area (Å²) in [7, 11) is 1.86. The van der Waals surface area contributed by atoms with Crippen LogP contribution in [0.1, 0.15) is 5.56 Å². The second kappa shape index (κ2) is 13.5. The smallest absolute Gasteiger partial charge is 0.412 e. The molecule has 3 radical (unpaired) electrons. The summed E-state index contributed by atoms with van der Waals surface area (Å²) in [6.45, 7) is 5.58. The van der Waals surface area contributed by atoms with Crippen LogP contribution in [0.2, 0.25) is 0 Å². The van der Waals surface area contributed by atoms with Gasteiger partial charge in [-0.2, -0.15) is 0 Å². The molecule has 8 heteroatoms. The van der Waals surface area contributed by atoms with Gasteiger partial charge in [-0.3, -0.25) is 0 Å². The Balaban J connectivity index is 0.00000261. The van der Waals surface area contributed by atoms with Crippen molar-refractivity contribution in [1.82, 2.24) is 9.80 Å². The van der Waals surface area contributed by atoms with Crippen LogP contribution in [0.15, 0.2) is 54.6 Å². The molecule has 7 nitrogen and oxygen atoms in total. The zero-order valence-electron chi connectivity index (χ0n) is 16.9. The minimum absolute atomic E-state index is 0. The standard InChI is InChI=1S/C21H26GeN3O.3H2O/c1-23(20-9-7-19(22)8-10-20)21(26)17-25-15-13-24(14-16-25)12-11-18-5-3-2-4-6-18;;;/h2-10H,11-17H2,1H3;3*1H2. The minimum atomic E-state index is 0. The summed E-state index contributed by atoms with van der Waals surface area (Å²) >= 11 is 2.06. The first kappa shape index (κ1) is 27.3. The number of carbonyl (C=O) groups excluding carboxylic acids is 1. The Labute approximate surface area is 181 Å². The SMILES string of the molecule is CN(C(=O)CN1CCN(CCc2ccccc2)CC1)c1cc[c]([Ge])cc1.O.O.O. The average Bonchev–Trinajstić information content (AvgIpc) is 2.68. The summed E-state index contributed by atoms with van der Waals surface area (Å²) in [6.07, 6.45) is 1.09. The number of hydrogen-bond acceptors (Lipinski definition) is 3. The van der Waals surface area contributed by atoms with Crippen LogP contribution in [0.4, 0.5) is 5.69 Å². The summed E-state index contributed by atoms with van der Waals surface area (Å²) in [6, 6.07) is 18.8. The molecule has 159 valence electrons. The Bertz CT molecular complexity index is 708. The fourth-order valence-corrected chi connectivity index (χ4v) is 3.58. The van der Waals surface area contributed by atoms with Gasteiger partial charge in [0.05, 0.1) is 0 Å². The third-order valence-corrected chi connectivity index (χ3v) is 5.71. The second-order valence-corrected chi connectivity index (χ2v) is 8.06. The largest absolute Gasteiger partial charge is 0.412 e. The van der Waals surface area contributed by atoms with Crippen LogP contribution in [0.25, 0.3) is 0 Å². The van der Waals surface area contributed by atoms with Crippen LogP contribution in [-0.2, 0) is 11.2 Å². The Morgan fingerprint density at radius 3 is 2.03 bits per heavy atom. The van der Waals surface area contributed by atoms with Crippen LogP contribution in [-0.4, -0.2) is 95.0 Å². The molecule has 1 aliphatic heterocycles. The molecule has 0 unspecified atom stereocenters. The molecule has 0 aromatic heterocycles. The molecule has 0 saturated carbocycles. The van der Waals surface area contributed by atoms with E-state index in [4.69, 9.17) is 0 Å². The number of carbonyl (C=O) groups is 1. The van der Waals surface area contributed by atoms with Gasteiger partial charge in [0, 0.05) is 0 Å². The number of benzene rings is 2. The van der Waals surface area contributed by atoms with Gasteiger partial charge in [0.1, 0.15) is 0 Å². The summed E-state index contributed by atoms with van der Waals surface area (Å²) in [4.78, 5) is 19.1. The van der Waals surface area contributed by atoms with E-state index >= 15 is 0 Å². The van der Waals surface area contributed by atoms with Crippen molar-refractivity contribution in [2.45, 2.75) is 6.42 Å². The molecule has 6 N–H and O–H groups in total. The molecule has 2 aromatic carbocycles. The van der Waals surface area contributed by atoms with Gasteiger partial charge in [0.15, 0.2) is 0 Å². The third kappa shape index (κ3) is 8.25. The number of rotatable bonds is 6. The number of piperazine rings is 1. The molecule has 1 amide bonds. The van der Waals surface area contributed by atoms with E-state index < -0.39 is 0 Å². The first-order valence-corrected chi connectivity index (χ1v) is 10.2. The maximum Gasteiger partial charge on any atom is -0.412 e. The van der Waals surface area contributed by atoms with Crippen LogP contribution in [0.3, 0.4) is 0 Å². The second-order valence-electron chi connectivity index (χ2n) is 6.85. The van der Waals surface area contributed by atoms with E-state index in [-0.39, 0.29) is 22.3 Å². The van der Waals surface area contributed by atoms with Crippen LogP contribution < -0.4 is 9.30 Å². The molecule has 3 rings (SSSR count). The van der Waals surface area contributed by atoms with Crippen molar-refractivity contribution in [2.75, 3.05) is 51.2 Å². The molecule has 0 atom stereocenters. The molecule has 0 spiro atoms. The molecule has 2 aromatic rings. The maximum absolute atomic E-state index is 12.6. The number of likely N-dealkylation sites (N-methyl/N-ethyl adjacent to an activating group) is 1. The van der Waals surface area contributed by atoms with Crippen molar-refractivity contribution in [1.29, 1.82) is 0 Å². The van der Waals surface area contributed by atoms with Gasteiger partial charge >= 0.3 is 123 Å². The Hall–Kier alpha value is -1.75. The monoisotopic (exact) mass is 464 g/mol. The quantitative estimate of drug-likeness (QED) is 0.502. The predicted octanol–water partition coefficient (Wildman–Crippen LogP) is -1.17. The summed E-state index contributed by atoms with van der Waals surface area (Å²) < 4.78 is 1.21. The van der Waals surface area contributed by atoms with Crippen molar-refractivity contribution in [3.8, 4) is 0 Å². The average molecular weight is 463 g/mol. The topological polar surface area (TPSA) is 121 Å². The van der Waals surface area contributed by atoms with Gasteiger partial charge in [-0.25, -0.2) is 0 Å². The summed E-state index contributed by atoms with van der Waals surface area (Å²) in [5.41, 5.74) is 2.35. The minimum Gasteiger partial charge on any atom is -0.412 e. The predicted molar refractivity (Wildman–Crippen MR) is 119 cm³/mol. The molecule has 0 aliphatic carbocycles. The molecule has 1 saturated heterocycles. The Morgan fingerprint density at radius 1 is 0.897 bits per heavy atom. The normalized spacial score (nSPS) is 14.1. The summed E-state index contributed by atoms with van der Waals surface area (Å²) in [5, 5.41) is 0. The van der Waals surface area contributed by atoms with E-state index in [1.54, 1.807) is 4.90 Å². The number of hydrogen-bond donors (Lipinski definition) is 0. The molecular weight excluding hydrogens is 431 g/mol. The van der Waals surface area contributed by atoms with E-state index in [0.717, 1.165) is 44.8 Å². The van der Waals surface area contributed by atoms with E-state index in [0.29, 0.717) is 6.54 Å². The molecular formula is C21H32GeN3O4. The zero-order chi connectivity index (χ0) is 18.4.